The van der Waals surface area contributed by atoms with E-state index in [0.29, 0.717) is 13.0 Å². The molecule has 2 aromatic rings. The first-order chi connectivity index (χ1) is 9.16. The molecule has 0 fully saturated rings. The van der Waals surface area contributed by atoms with E-state index < -0.39 is 11.7 Å². The second kappa shape index (κ2) is 6.09. The Kier molecular flexibility index (Phi) is 4.23. The van der Waals surface area contributed by atoms with E-state index >= 15 is 0 Å². The second-order valence-corrected chi connectivity index (χ2v) is 4.31. The molecule has 1 N–H and O–H groups in total. The Balaban J connectivity index is 1.93. The Morgan fingerprint density at radius 3 is 2.89 bits per heavy atom. The van der Waals surface area contributed by atoms with Crippen molar-refractivity contribution in [2.24, 2.45) is 0 Å². The number of nitrogens with zero attached hydrogens (tertiary/aromatic N) is 1. The fourth-order valence-corrected chi connectivity index (χ4v) is 1.76. The number of benzene rings is 1. The average Bonchev–Trinajstić information content (AvgIpc) is 2.42. The van der Waals surface area contributed by atoms with Crippen molar-refractivity contribution < 1.29 is 9.18 Å². The Morgan fingerprint density at radius 1 is 1.32 bits per heavy atom. The largest absolute Gasteiger partial charge is 0.352 e. The molecule has 2 rings (SSSR count). The van der Waals surface area contributed by atoms with Crippen molar-refractivity contribution in [2.75, 3.05) is 6.54 Å². The topological polar surface area (TPSA) is 42.0 Å². The lowest BCUT2D eigenvalue weighted by Crippen LogP contribution is -2.26. The minimum absolute atomic E-state index is 0.0843. The van der Waals surface area contributed by atoms with Crippen molar-refractivity contribution in [1.29, 1.82) is 0 Å². The van der Waals surface area contributed by atoms with Gasteiger partial charge in [0.1, 0.15) is 5.82 Å². The summed E-state index contributed by atoms with van der Waals surface area (Å²) < 4.78 is 13.5. The molecule has 4 heteroatoms. The van der Waals surface area contributed by atoms with Crippen molar-refractivity contribution in [2.45, 2.75) is 13.3 Å². The van der Waals surface area contributed by atoms with Crippen LogP contribution in [0, 0.1) is 12.7 Å². The van der Waals surface area contributed by atoms with Crippen LogP contribution in [0.15, 0.2) is 42.6 Å². The number of nitrogens with one attached hydrogen (secondary N) is 1. The van der Waals surface area contributed by atoms with E-state index in [1.165, 1.54) is 6.07 Å². The summed E-state index contributed by atoms with van der Waals surface area (Å²) in [4.78, 5) is 16.0. The van der Waals surface area contributed by atoms with E-state index in [1.807, 2.05) is 25.1 Å². The van der Waals surface area contributed by atoms with Crippen LogP contribution >= 0.6 is 0 Å². The summed E-state index contributed by atoms with van der Waals surface area (Å²) in [6.45, 7) is 2.26. The van der Waals surface area contributed by atoms with Crippen LogP contribution in [-0.4, -0.2) is 17.4 Å². The van der Waals surface area contributed by atoms with Gasteiger partial charge in [0.25, 0.3) is 5.91 Å². The summed E-state index contributed by atoms with van der Waals surface area (Å²) in [5.41, 5.74) is 1.84. The SMILES string of the molecule is Cc1ccc(F)c(C(=O)NCCc2ccccn2)c1. The van der Waals surface area contributed by atoms with Crippen LogP contribution in [0.25, 0.3) is 0 Å². The highest BCUT2D eigenvalue weighted by Gasteiger charge is 2.11. The maximum atomic E-state index is 13.5. The van der Waals surface area contributed by atoms with E-state index in [2.05, 4.69) is 10.3 Å². The zero-order valence-corrected chi connectivity index (χ0v) is 10.7. The van der Waals surface area contributed by atoms with Crippen molar-refractivity contribution in [3.63, 3.8) is 0 Å². The van der Waals surface area contributed by atoms with Gasteiger partial charge >= 0.3 is 0 Å². The van der Waals surface area contributed by atoms with Gasteiger partial charge in [-0.1, -0.05) is 17.7 Å². The lowest BCUT2D eigenvalue weighted by atomic mass is 10.1. The Morgan fingerprint density at radius 2 is 2.16 bits per heavy atom. The molecule has 0 unspecified atom stereocenters. The predicted octanol–water partition coefficient (Wildman–Crippen LogP) is 2.50. The molecule has 1 amide bonds. The zero-order chi connectivity index (χ0) is 13.7. The highest BCUT2D eigenvalue weighted by molar-refractivity contribution is 5.94. The van der Waals surface area contributed by atoms with Crippen LogP contribution in [-0.2, 0) is 6.42 Å². The number of carbonyl (C=O) groups is 1. The standard InChI is InChI=1S/C15H15FN2O/c1-11-5-6-14(16)13(10-11)15(19)18-9-7-12-4-2-3-8-17-12/h2-6,8,10H,7,9H2,1H3,(H,18,19). The number of aryl methyl sites for hydroxylation is 1. The number of carbonyl (C=O) groups excluding carboxylic acids is 1. The monoisotopic (exact) mass is 258 g/mol. The lowest BCUT2D eigenvalue weighted by Gasteiger charge is -2.06. The molecule has 0 aliphatic heterocycles. The molecule has 0 atom stereocenters. The third kappa shape index (κ3) is 3.61. The number of hydrogen-bond acceptors (Lipinski definition) is 2. The molecule has 0 saturated heterocycles. The molecule has 0 saturated carbocycles. The number of halogens is 1. The molecule has 0 spiro atoms. The molecule has 0 radical (unpaired) electrons. The van der Waals surface area contributed by atoms with E-state index in [1.54, 1.807) is 18.3 Å². The molecule has 1 heterocycles. The number of amides is 1. The van der Waals surface area contributed by atoms with Crippen LogP contribution in [0.3, 0.4) is 0 Å². The maximum absolute atomic E-state index is 13.5. The Bertz CT molecular complexity index is 570. The zero-order valence-electron chi connectivity index (χ0n) is 10.7. The first kappa shape index (κ1) is 13.2. The highest BCUT2D eigenvalue weighted by Crippen LogP contribution is 2.09. The number of aromatic nitrogens is 1. The van der Waals surface area contributed by atoms with Crippen LogP contribution in [0.2, 0.25) is 0 Å². The minimum atomic E-state index is -0.499. The van der Waals surface area contributed by atoms with Crippen LogP contribution < -0.4 is 5.32 Å². The van der Waals surface area contributed by atoms with Gasteiger partial charge in [-0.2, -0.15) is 0 Å². The molecular weight excluding hydrogens is 243 g/mol. The first-order valence-electron chi connectivity index (χ1n) is 6.11. The van der Waals surface area contributed by atoms with Gasteiger partial charge in [0.2, 0.25) is 0 Å². The highest BCUT2D eigenvalue weighted by atomic mass is 19.1. The first-order valence-corrected chi connectivity index (χ1v) is 6.11. The molecule has 1 aromatic carbocycles. The predicted molar refractivity (Wildman–Crippen MR) is 71.4 cm³/mol. The summed E-state index contributed by atoms with van der Waals surface area (Å²) in [7, 11) is 0. The summed E-state index contributed by atoms with van der Waals surface area (Å²) >= 11 is 0. The van der Waals surface area contributed by atoms with E-state index in [0.717, 1.165) is 11.3 Å². The van der Waals surface area contributed by atoms with Crippen molar-refractivity contribution >= 4 is 5.91 Å². The van der Waals surface area contributed by atoms with Crippen molar-refractivity contribution in [3.8, 4) is 0 Å². The van der Waals surface area contributed by atoms with Crippen molar-refractivity contribution in [3.05, 3.63) is 65.2 Å². The molecule has 1 aromatic heterocycles. The van der Waals surface area contributed by atoms with Gasteiger partial charge in [-0.05, 0) is 31.2 Å². The average molecular weight is 258 g/mol. The lowest BCUT2D eigenvalue weighted by molar-refractivity contribution is 0.0950. The molecule has 0 aliphatic carbocycles. The fourth-order valence-electron chi connectivity index (χ4n) is 1.76. The normalized spacial score (nSPS) is 10.2. The molecular formula is C15H15FN2O. The summed E-state index contributed by atoms with van der Waals surface area (Å²) in [5, 5.41) is 2.70. The van der Waals surface area contributed by atoms with Gasteiger partial charge in [0.05, 0.1) is 5.56 Å². The maximum Gasteiger partial charge on any atom is 0.254 e. The molecule has 98 valence electrons. The third-order valence-electron chi connectivity index (χ3n) is 2.76. The molecule has 3 nitrogen and oxygen atoms in total. The number of hydrogen-bond donors (Lipinski definition) is 1. The van der Waals surface area contributed by atoms with Gasteiger partial charge in [-0.15, -0.1) is 0 Å². The van der Waals surface area contributed by atoms with E-state index in [-0.39, 0.29) is 5.56 Å². The van der Waals surface area contributed by atoms with Crippen LogP contribution in [0.5, 0.6) is 0 Å². The number of rotatable bonds is 4. The van der Waals surface area contributed by atoms with Crippen LogP contribution in [0.1, 0.15) is 21.6 Å². The minimum Gasteiger partial charge on any atom is -0.352 e. The second-order valence-electron chi connectivity index (χ2n) is 4.31. The molecule has 19 heavy (non-hydrogen) atoms. The third-order valence-corrected chi connectivity index (χ3v) is 2.76. The van der Waals surface area contributed by atoms with Gasteiger partial charge in [-0.25, -0.2) is 4.39 Å². The van der Waals surface area contributed by atoms with E-state index in [9.17, 15) is 9.18 Å². The van der Waals surface area contributed by atoms with E-state index in [4.69, 9.17) is 0 Å². The fraction of sp³-hybridized carbons (Fsp3) is 0.200. The smallest absolute Gasteiger partial charge is 0.254 e. The molecule has 0 aliphatic rings. The van der Waals surface area contributed by atoms with Gasteiger partial charge in [0.15, 0.2) is 0 Å². The summed E-state index contributed by atoms with van der Waals surface area (Å²) in [6, 6.07) is 10.1. The van der Waals surface area contributed by atoms with Gasteiger partial charge in [0, 0.05) is 24.9 Å². The van der Waals surface area contributed by atoms with Crippen LogP contribution in [0.4, 0.5) is 4.39 Å². The van der Waals surface area contributed by atoms with Crippen molar-refractivity contribution in [1.82, 2.24) is 10.3 Å². The molecule has 0 bridgehead atoms. The Labute approximate surface area is 111 Å². The summed E-state index contributed by atoms with van der Waals surface area (Å²) in [6.07, 6.45) is 2.33. The van der Waals surface area contributed by atoms with Gasteiger partial charge < -0.3 is 5.32 Å². The quantitative estimate of drug-likeness (QED) is 0.915. The Hall–Kier alpha value is -2.23. The number of pyridine rings is 1. The summed E-state index contributed by atoms with van der Waals surface area (Å²) in [5.74, 6) is -0.891. The van der Waals surface area contributed by atoms with Gasteiger partial charge in [-0.3, -0.25) is 9.78 Å².